The third-order valence-electron chi connectivity index (χ3n) is 6.66. The van der Waals surface area contributed by atoms with Crippen molar-refractivity contribution in [1.82, 2.24) is 35.3 Å². The average Bonchev–Trinajstić information content (AvgIpc) is 3.52. The molecule has 1 saturated carbocycles. The van der Waals surface area contributed by atoms with Crippen molar-refractivity contribution in [1.29, 1.82) is 0 Å². The molecule has 34 heavy (non-hydrogen) atoms. The Morgan fingerprint density at radius 3 is 2.82 bits per heavy atom. The molecular formula is C23H36N10O. The van der Waals surface area contributed by atoms with E-state index in [9.17, 15) is 0 Å². The summed E-state index contributed by atoms with van der Waals surface area (Å²) in [5.41, 5.74) is 3.08. The fourth-order valence-corrected chi connectivity index (χ4v) is 4.88. The van der Waals surface area contributed by atoms with Crippen LogP contribution < -0.4 is 21.3 Å². The smallest absolute Gasteiger partial charge is 0.201 e. The lowest BCUT2D eigenvalue weighted by Crippen LogP contribution is -2.50. The van der Waals surface area contributed by atoms with E-state index in [0.717, 1.165) is 61.6 Å². The molecule has 2 aliphatic heterocycles. The second kappa shape index (κ2) is 11.1. The largest absolute Gasteiger partial charge is 0.380 e. The lowest BCUT2D eigenvalue weighted by atomic mass is 10.2. The number of fused-ring (bicyclic) bond motifs is 1. The van der Waals surface area contributed by atoms with Crippen LogP contribution in [0.1, 0.15) is 50.2 Å². The van der Waals surface area contributed by atoms with Crippen molar-refractivity contribution in [2.45, 2.75) is 57.9 Å². The minimum atomic E-state index is -0.314. The van der Waals surface area contributed by atoms with Crippen LogP contribution in [0.3, 0.4) is 0 Å². The van der Waals surface area contributed by atoms with Crippen molar-refractivity contribution in [2.24, 2.45) is 4.99 Å². The van der Waals surface area contributed by atoms with Gasteiger partial charge in [-0.25, -0.2) is 15.0 Å². The first kappa shape index (κ1) is 23.0. The van der Waals surface area contributed by atoms with Gasteiger partial charge in [-0.3, -0.25) is 4.68 Å². The van der Waals surface area contributed by atoms with Gasteiger partial charge in [0.05, 0.1) is 18.8 Å². The maximum atomic E-state index is 5.66. The number of guanidine groups is 1. The van der Waals surface area contributed by atoms with Crippen LogP contribution in [0.2, 0.25) is 0 Å². The van der Waals surface area contributed by atoms with Gasteiger partial charge in [-0.1, -0.05) is 12.8 Å². The third-order valence-corrected chi connectivity index (χ3v) is 6.66. The summed E-state index contributed by atoms with van der Waals surface area (Å²) in [5, 5.41) is 19.3. The molecule has 1 unspecified atom stereocenters. The van der Waals surface area contributed by atoms with Gasteiger partial charge in [-0.15, -0.1) is 0 Å². The summed E-state index contributed by atoms with van der Waals surface area (Å²) in [5.74, 6) is 1.62. The van der Waals surface area contributed by atoms with E-state index in [-0.39, 0.29) is 6.17 Å². The topological polar surface area (TPSA) is 117 Å². The van der Waals surface area contributed by atoms with Gasteiger partial charge in [0.1, 0.15) is 23.5 Å². The maximum absolute atomic E-state index is 5.66. The minimum absolute atomic E-state index is 0.314. The zero-order valence-corrected chi connectivity index (χ0v) is 20.0. The van der Waals surface area contributed by atoms with Crippen molar-refractivity contribution in [3.05, 3.63) is 30.0 Å². The number of ether oxygens (including phenoxy) is 1. The molecule has 5 rings (SSSR count). The summed E-state index contributed by atoms with van der Waals surface area (Å²) >= 11 is 0. The zero-order valence-electron chi connectivity index (χ0n) is 20.0. The summed E-state index contributed by atoms with van der Waals surface area (Å²) in [7, 11) is 0. The van der Waals surface area contributed by atoms with Crippen molar-refractivity contribution >= 4 is 17.5 Å². The van der Waals surface area contributed by atoms with E-state index in [1.165, 1.54) is 25.7 Å². The Bertz CT molecular complexity index is 950. The Morgan fingerprint density at radius 2 is 2.06 bits per heavy atom. The average molecular weight is 469 g/mol. The van der Waals surface area contributed by atoms with Gasteiger partial charge in [-0.2, -0.15) is 5.10 Å². The monoisotopic (exact) mass is 468 g/mol. The van der Waals surface area contributed by atoms with Crippen molar-refractivity contribution in [2.75, 3.05) is 50.0 Å². The van der Waals surface area contributed by atoms with E-state index in [1.807, 2.05) is 17.7 Å². The molecule has 11 heteroatoms. The third kappa shape index (κ3) is 5.31. The van der Waals surface area contributed by atoms with Gasteiger partial charge in [0.25, 0.3) is 0 Å². The second-order valence-electron chi connectivity index (χ2n) is 8.95. The van der Waals surface area contributed by atoms with E-state index in [1.54, 1.807) is 12.5 Å². The molecule has 2 aromatic rings. The SMILES string of the molecule is CCOCCn1nc(CNC2CCCC2)c2c1C(Nc1ccncn1)N=C(N1CCNCC1)N2. The molecule has 0 aromatic carbocycles. The van der Waals surface area contributed by atoms with Crippen LogP contribution >= 0.6 is 0 Å². The summed E-state index contributed by atoms with van der Waals surface area (Å²) in [4.78, 5) is 15.8. The molecule has 0 spiro atoms. The van der Waals surface area contributed by atoms with E-state index >= 15 is 0 Å². The maximum Gasteiger partial charge on any atom is 0.201 e. The molecule has 3 aliphatic rings. The summed E-state index contributed by atoms with van der Waals surface area (Å²) in [6.07, 6.45) is 8.07. The Morgan fingerprint density at radius 1 is 1.21 bits per heavy atom. The molecule has 184 valence electrons. The highest BCUT2D eigenvalue weighted by molar-refractivity contribution is 5.97. The fraction of sp³-hybridized carbons (Fsp3) is 0.652. The second-order valence-corrected chi connectivity index (χ2v) is 8.95. The van der Waals surface area contributed by atoms with Gasteiger partial charge in [-0.05, 0) is 25.8 Å². The minimum Gasteiger partial charge on any atom is -0.380 e. The first-order valence-electron chi connectivity index (χ1n) is 12.6. The number of piperazine rings is 1. The van der Waals surface area contributed by atoms with Crippen molar-refractivity contribution in [3.8, 4) is 0 Å². The summed E-state index contributed by atoms with van der Waals surface area (Å²) < 4.78 is 7.70. The van der Waals surface area contributed by atoms with Gasteiger partial charge in [0.15, 0.2) is 6.17 Å². The number of aliphatic imine (C=N–C) groups is 1. The lowest BCUT2D eigenvalue weighted by molar-refractivity contribution is 0.135. The number of hydrogen-bond donors (Lipinski definition) is 4. The highest BCUT2D eigenvalue weighted by Gasteiger charge is 2.32. The molecule has 2 fully saturated rings. The van der Waals surface area contributed by atoms with Crippen LogP contribution in [0.4, 0.5) is 11.5 Å². The molecule has 11 nitrogen and oxygen atoms in total. The molecule has 4 N–H and O–H groups in total. The Hall–Kier alpha value is -2.76. The van der Waals surface area contributed by atoms with Crippen LogP contribution in [0, 0.1) is 0 Å². The van der Waals surface area contributed by atoms with Crippen LogP contribution in [-0.2, 0) is 17.8 Å². The molecule has 0 radical (unpaired) electrons. The van der Waals surface area contributed by atoms with Crippen LogP contribution in [0.5, 0.6) is 0 Å². The van der Waals surface area contributed by atoms with Gasteiger partial charge >= 0.3 is 0 Å². The highest BCUT2D eigenvalue weighted by atomic mass is 16.5. The molecule has 0 bridgehead atoms. The first-order chi connectivity index (χ1) is 16.8. The normalized spacial score (nSPS) is 20.7. The molecule has 1 atom stereocenters. The summed E-state index contributed by atoms with van der Waals surface area (Å²) in [6, 6.07) is 2.44. The quantitative estimate of drug-likeness (QED) is 0.407. The van der Waals surface area contributed by atoms with Crippen molar-refractivity contribution in [3.63, 3.8) is 0 Å². The van der Waals surface area contributed by atoms with Gasteiger partial charge < -0.3 is 30.9 Å². The van der Waals surface area contributed by atoms with Crippen molar-refractivity contribution < 1.29 is 4.74 Å². The number of anilines is 2. The number of nitrogens with zero attached hydrogens (tertiary/aromatic N) is 6. The van der Waals surface area contributed by atoms with E-state index in [2.05, 4.69) is 36.1 Å². The van der Waals surface area contributed by atoms with E-state index in [4.69, 9.17) is 14.8 Å². The van der Waals surface area contributed by atoms with Crippen LogP contribution in [0.25, 0.3) is 0 Å². The number of hydrogen-bond acceptors (Lipinski definition) is 10. The molecule has 2 aromatic heterocycles. The van der Waals surface area contributed by atoms with Gasteiger partial charge in [0.2, 0.25) is 5.96 Å². The van der Waals surface area contributed by atoms with Gasteiger partial charge in [0, 0.05) is 51.6 Å². The first-order valence-corrected chi connectivity index (χ1v) is 12.6. The Balaban J connectivity index is 1.47. The number of rotatable bonds is 9. The standard InChI is InChI=1S/C23H36N10O/c1-2-34-14-13-33-21-20(18(31-33)15-26-17-5-3-4-6-17)29-23(32-11-9-24-10-12-32)30-22(21)28-19-7-8-25-16-27-19/h7-8,16-17,22,24,26H,2-6,9-15H2,1H3,(H,29,30)(H,25,27,28). The molecule has 1 saturated heterocycles. The Kier molecular flexibility index (Phi) is 7.52. The van der Waals surface area contributed by atoms with Crippen LogP contribution in [-0.4, -0.2) is 76.0 Å². The highest BCUT2D eigenvalue weighted by Crippen LogP contribution is 2.34. The molecule has 4 heterocycles. The van der Waals surface area contributed by atoms with E-state index in [0.29, 0.717) is 25.8 Å². The fourth-order valence-electron chi connectivity index (χ4n) is 4.88. The van der Waals surface area contributed by atoms with Crippen LogP contribution in [0.15, 0.2) is 23.6 Å². The van der Waals surface area contributed by atoms with E-state index < -0.39 is 0 Å². The molecular weight excluding hydrogens is 432 g/mol. The zero-order chi connectivity index (χ0) is 23.2. The summed E-state index contributed by atoms with van der Waals surface area (Å²) in [6.45, 7) is 8.42. The lowest BCUT2D eigenvalue weighted by Gasteiger charge is -2.34. The number of aromatic nitrogens is 4. The number of nitrogens with one attached hydrogen (secondary N) is 4. The predicted octanol–water partition coefficient (Wildman–Crippen LogP) is 1.54. The predicted molar refractivity (Wildman–Crippen MR) is 132 cm³/mol. The molecule has 1 aliphatic carbocycles. The Labute approximate surface area is 200 Å². The molecule has 0 amide bonds.